The van der Waals surface area contributed by atoms with Crippen LogP contribution in [0.2, 0.25) is 0 Å². The van der Waals surface area contributed by atoms with Crippen molar-refractivity contribution < 1.29 is 23.6 Å². The Morgan fingerprint density at radius 1 is 0.946 bits per heavy atom. The molecule has 192 valence electrons. The second-order valence-electron chi connectivity index (χ2n) is 10.3. The molecule has 37 heavy (non-hydrogen) atoms. The van der Waals surface area contributed by atoms with Crippen LogP contribution in [0.5, 0.6) is 0 Å². The van der Waals surface area contributed by atoms with E-state index >= 15 is 4.39 Å². The first-order valence-electron chi connectivity index (χ1n) is 13.0. The second-order valence-corrected chi connectivity index (χ2v) is 10.3. The monoisotopic (exact) mass is 504 g/mol. The first-order valence-corrected chi connectivity index (χ1v) is 13.0. The lowest BCUT2D eigenvalue weighted by Gasteiger charge is -2.37. The lowest BCUT2D eigenvalue weighted by molar-refractivity contribution is -0.136. The van der Waals surface area contributed by atoms with Gasteiger partial charge in [0, 0.05) is 50.3 Å². The number of carbonyl (C=O) groups is 4. The van der Waals surface area contributed by atoms with Crippen LogP contribution in [0, 0.1) is 5.82 Å². The van der Waals surface area contributed by atoms with E-state index in [9.17, 15) is 19.2 Å². The molecule has 2 saturated heterocycles. The predicted molar refractivity (Wildman–Crippen MR) is 134 cm³/mol. The van der Waals surface area contributed by atoms with Crippen molar-refractivity contribution in [3.05, 3.63) is 64.0 Å². The number of imide groups is 1. The average Bonchev–Trinajstić information content (AvgIpc) is 3.22. The predicted octanol–water partition coefficient (Wildman–Crippen LogP) is 2.43. The van der Waals surface area contributed by atoms with Crippen LogP contribution in [0.4, 0.5) is 10.1 Å². The standard InChI is InChI=1S/C28H29FN4O4/c29-22-15-21-18(16-33(28(21)37)23-8-9-25(34)30-26(23)35)14-24(22)31-10-12-32(13-11-31)27(36)20-7-3-5-17-4-1-2-6-19(17)20/h3,5,7,14-15,23H,1-2,4,6,8-13,16H2,(H,30,34,35). The van der Waals surface area contributed by atoms with Crippen molar-refractivity contribution in [3.8, 4) is 0 Å². The van der Waals surface area contributed by atoms with Gasteiger partial charge in [0.25, 0.3) is 11.8 Å². The van der Waals surface area contributed by atoms with Crippen molar-refractivity contribution in [2.24, 2.45) is 0 Å². The number of aryl methyl sites for hydroxylation is 1. The number of piperazine rings is 1. The summed E-state index contributed by atoms with van der Waals surface area (Å²) in [5, 5.41) is 2.28. The Morgan fingerprint density at radius 2 is 1.73 bits per heavy atom. The number of benzene rings is 2. The van der Waals surface area contributed by atoms with Crippen molar-refractivity contribution in [1.82, 2.24) is 15.1 Å². The topological polar surface area (TPSA) is 90.0 Å². The largest absolute Gasteiger partial charge is 0.366 e. The Morgan fingerprint density at radius 3 is 2.51 bits per heavy atom. The van der Waals surface area contributed by atoms with E-state index < -0.39 is 23.7 Å². The number of hydrogen-bond donors (Lipinski definition) is 1. The Bertz CT molecular complexity index is 1320. The van der Waals surface area contributed by atoms with Gasteiger partial charge in [-0.1, -0.05) is 12.1 Å². The summed E-state index contributed by atoms with van der Waals surface area (Å²) in [6.07, 6.45) is 4.65. The third-order valence-electron chi connectivity index (χ3n) is 8.12. The zero-order valence-corrected chi connectivity index (χ0v) is 20.6. The van der Waals surface area contributed by atoms with Crippen molar-refractivity contribution >= 4 is 29.3 Å². The van der Waals surface area contributed by atoms with Crippen LogP contribution in [-0.4, -0.2) is 65.6 Å². The molecule has 1 atom stereocenters. The van der Waals surface area contributed by atoms with E-state index in [-0.39, 0.29) is 36.8 Å². The molecule has 3 heterocycles. The molecule has 4 amide bonds. The van der Waals surface area contributed by atoms with Gasteiger partial charge in [-0.15, -0.1) is 0 Å². The summed E-state index contributed by atoms with van der Waals surface area (Å²) in [4.78, 5) is 55.3. The molecule has 2 fully saturated rings. The zero-order valence-electron chi connectivity index (χ0n) is 20.6. The van der Waals surface area contributed by atoms with E-state index in [1.54, 1.807) is 6.07 Å². The van der Waals surface area contributed by atoms with Gasteiger partial charge in [-0.3, -0.25) is 24.5 Å². The van der Waals surface area contributed by atoms with Crippen LogP contribution < -0.4 is 10.2 Å². The second kappa shape index (κ2) is 9.28. The highest BCUT2D eigenvalue weighted by molar-refractivity contribution is 6.05. The van der Waals surface area contributed by atoms with Crippen molar-refractivity contribution in [3.63, 3.8) is 0 Å². The molecule has 1 N–H and O–H groups in total. The van der Waals surface area contributed by atoms with Gasteiger partial charge in [0.2, 0.25) is 11.8 Å². The maximum atomic E-state index is 15.2. The van der Waals surface area contributed by atoms with E-state index in [1.807, 2.05) is 21.9 Å². The summed E-state index contributed by atoms with van der Waals surface area (Å²) < 4.78 is 15.2. The molecule has 8 nitrogen and oxygen atoms in total. The van der Waals surface area contributed by atoms with Crippen LogP contribution in [0.1, 0.15) is 63.1 Å². The SMILES string of the molecule is O=C1CCC(N2Cc3cc(N4CCN(C(=O)c5cccc6c5CCCC6)CC4)c(F)cc3C2=O)C(=O)N1. The van der Waals surface area contributed by atoms with Crippen LogP contribution in [-0.2, 0) is 29.0 Å². The minimum atomic E-state index is -0.734. The molecule has 9 heteroatoms. The summed E-state index contributed by atoms with van der Waals surface area (Å²) in [5.41, 5.74) is 4.57. The first kappa shape index (κ1) is 23.6. The highest BCUT2D eigenvalue weighted by Gasteiger charge is 2.40. The highest BCUT2D eigenvalue weighted by Crippen LogP contribution is 2.33. The lowest BCUT2D eigenvalue weighted by Crippen LogP contribution is -2.52. The summed E-state index contributed by atoms with van der Waals surface area (Å²) in [7, 11) is 0. The Kier molecular flexibility index (Phi) is 5.93. The number of nitrogens with zero attached hydrogens (tertiary/aromatic N) is 3. The lowest BCUT2D eigenvalue weighted by atomic mass is 9.88. The zero-order chi connectivity index (χ0) is 25.7. The minimum absolute atomic E-state index is 0.0401. The van der Waals surface area contributed by atoms with E-state index in [1.165, 1.54) is 22.1 Å². The van der Waals surface area contributed by atoms with Crippen molar-refractivity contribution in [1.29, 1.82) is 0 Å². The van der Waals surface area contributed by atoms with Crippen molar-refractivity contribution in [2.75, 3.05) is 31.1 Å². The summed E-state index contributed by atoms with van der Waals surface area (Å²) >= 11 is 0. The average molecular weight is 505 g/mol. The van der Waals surface area contributed by atoms with Crippen LogP contribution in [0.25, 0.3) is 0 Å². The normalized spacial score (nSPS) is 21.6. The molecule has 0 bridgehead atoms. The number of hydrogen-bond acceptors (Lipinski definition) is 5. The fraction of sp³-hybridized carbons (Fsp3) is 0.429. The maximum absolute atomic E-state index is 15.2. The third-order valence-corrected chi connectivity index (χ3v) is 8.12. The number of halogens is 1. The molecule has 2 aromatic carbocycles. The Balaban J connectivity index is 1.16. The fourth-order valence-corrected chi connectivity index (χ4v) is 6.12. The molecule has 6 rings (SSSR count). The molecule has 1 aliphatic carbocycles. The molecule has 2 aromatic rings. The smallest absolute Gasteiger partial charge is 0.255 e. The van der Waals surface area contributed by atoms with Crippen LogP contribution >= 0.6 is 0 Å². The third kappa shape index (κ3) is 4.16. The molecule has 0 spiro atoms. The van der Waals surface area contributed by atoms with E-state index in [2.05, 4.69) is 11.4 Å². The molecule has 0 radical (unpaired) electrons. The molecule has 1 unspecified atom stereocenters. The van der Waals surface area contributed by atoms with E-state index in [4.69, 9.17) is 0 Å². The number of anilines is 1. The number of rotatable bonds is 3. The van der Waals surface area contributed by atoms with Gasteiger partial charge in [0.15, 0.2) is 0 Å². The molecule has 4 aliphatic rings. The molecular formula is C28H29FN4O4. The number of carbonyl (C=O) groups excluding carboxylic acids is 4. The molecule has 0 aromatic heterocycles. The van der Waals surface area contributed by atoms with Gasteiger partial charge in [0.05, 0.1) is 5.69 Å². The number of fused-ring (bicyclic) bond motifs is 2. The summed E-state index contributed by atoms with van der Waals surface area (Å²) in [6.45, 7) is 2.15. The summed E-state index contributed by atoms with van der Waals surface area (Å²) in [6, 6.07) is 8.22. The number of piperidine rings is 1. The molecular weight excluding hydrogens is 475 g/mol. The highest BCUT2D eigenvalue weighted by atomic mass is 19.1. The van der Waals surface area contributed by atoms with Gasteiger partial charge in [-0.05, 0) is 67.0 Å². The Hall–Kier alpha value is -3.75. The Labute approximate surface area is 214 Å². The minimum Gasteiger partial charge on any atom is -0.366 e. The van der Waals surface area contributed by atoms with Gasteiger partial charge in [0.1, 0.15) is 11.9 Å². The first-order chi connectivity index (χ1) is 17.9. The number of amides is 4. The maximum Gasteiger partial charge on any atom is 0.255 e. The van der Waals surface area contributed by atoms with Crippen LogP contribution in [0.3, 0.4) is 0 Å². The van der Waals surface area contributed by atoms with E-state index in [0.717, 1.165) is 31.2 Å². The molecule has 0 saturated carbocycles. The van der Waals surface area contributed by atoms with Crippen LogP contribution in [0.15, 0.2) is 30.3 Å². The van der Waals surface area contributed by atoms with Gasteiger partial charge in [-0.25, -0.2) is 4.39 Å². The van der Waals surface area contributed by atoms with E-state index in [0.29, 0.717) is 37.4 Å². The van der Waals surface area contributed by atoms with Crippen molar-refractivity contribution in [2.45, 2.75) is 51.1 Å². The van der Waals surface area contributed by atoms with Gasteiger partial charge >= 0.3 is 0 Å². The van der Waals surface area contributed by atoms with Gasteiger partial charge in [-0.2, -0.15) is 0 Å². The quantitative estimate of drug-likeness (QED) is 0.649. The fourth-order valence-electron chi connectivity index (χ4n) is 6.12. The molecule has 3 aliphatic heterocycles. The van der Waals surface area contributed by atoms with Gasteiger partial charge < -0.3 is 14.7 Å². The summed E-state index contributed by atoms with van der Waals surface area (Å²) in [5.74, 6) is -1.67. The number of nitrogens with one attached hydrogen (secondary N) is 1.